The van der Waals surface area contributed by atoms with Crippen molar-refractivity contribution >= 4 is 5.91 Å². The lowest BCUT2D eigenvalue weighted by atomic mass is 10.1. The number of aromatic nitrogens is 2. The van der Waals surface area contributed by atoms with Gasteiger partial charge in [0.2, 0.25) is 0 Å². The molecule has 0 atom stereocenters. The second-order valence-electron chi connectivity index (χ2n) is 4.77. The second-order valence-corrected chi connectivity index (χ2v) is 4.77. The topological polar surface area (TPSA) is 38.1 Å². The van der Waals surface area contributed by atoms with Gasteiger partial charge in [-0.25, -0.2) is 4.98 Å². The van der Waals surface area contributed by atoms with Crippen molar-refractivity contribution in [1.82, 2.24) is 14.5 Å². The molecular weight excluding hydrogens is 321 g/mol. The van der Waals surface area contributed by atoms with Gasteiger partial charge in [0.05, 0.1) is 12.1 Å². The molecule has 23 heavy (non-hydrogen) atoms. The maximum Gasteiger partial charge on any atom is 0.416 e. The van der Waals surface area contributed by atoms with Crippen molar-refractivity contribution in [2.45, 2.75) is 19.3 Å². The summed E-state index contributed by atoms with van der Waals surface area (Å²) in [5.41, 5.74) is -1.14. The van der Waals surface area contributed by atoms with E-state index in [1.54, 1.807) is 0 Å². The molecule has 0 fully saturated rings. The maximum absolute atomic E-state index is 12.7. The van der Waals surface area contributed by atoms with Gasteiger partial charge in [-0.1, -0.05) is 6.07 Å². The number of alkyl halides is 5. The molecule has 124 valence electrons. The van der Waals surface area contributed by atoms with Gasteiger partial charge in [0.15, 0.2) is 0 Å². The molecular formula is C14H12F5N3O. The summed E-state index contributed by atoms with van der Waals surface area (Å²) in [6, 6.07) is 3.91. The number of halogens is 5. The van der Waals surface area contributed by atoms with Crippen molar-refractivity contribution in [2.75, 3.05) is 7.05 Å². The van der Waals surface area contributed by atoms with E-state index < -0.39 is 24.2 Å². The van der Waals surface area contributed by atoms with Crippen molar-refractivity contribution < 1.29 is 26.7 Å². The van der Waals surface area contributed by atoms with E-state index in [0.29, 0.717) is 4.57 Å². The molecule has 0 N–H and O–H groups in total. The van der Waals surface area contributed by atoms with Crippen LogP contribution in [0, 0.1) is 0 Å². The Bertz CT molecular complexity index is 696. The zero-order valence-corrected chi connectivity index (χ0v) is 11.9. The minimum absolute atomic E-state index is 0.0668. The van der Waals surface area contributed by atoms with Gasteiger partial charge < -0.3 is 4.90 Å². The van der Waals surface area contributed by atoms with Gasteiger partial charge in [0.25, 0.3) is 5.91 Å². The van der Waals surface area contributed by atoms with Crippen LogP contribution in [0.15, 0.2) is 36.7 Å². The SMILES string of the molecule is CN(Cc1nccn1C(F)F)C(=O)c1cccc(C(F)(F)F)c1. The number of nitrogens with zero attached hydrogens (tertiary/aromatic N) is 3. The summed E-state index contributed by atoms with van der Waals surface area (Å²) in [5.74, 6) is -0.789. The zero-order chi connectivity index (χ0) is 17.2. The molecule has 0 unspecified atom stereocenters. The predicted molar refractivity (Wildman–Crippen MR) is 70.7 cm³/mol. The highest BCUT2D eigenvalue weighted by atomic mass is 19.4. The Morgan fingerprint density at radius 2 is 2.04 bits per heavy atom. The Kier molecular flexibility index (Phi) is 4.67. The molecule has 0 radical (unpaired) electrons. The molecule has 2 rings (SSSR count). The Labute approximate surface area is 128 Å². The van der Waals surface area contributed by atoms with Crippen LogP contribution in [0.3, 0.4) is 0 Å². The first-order chi connectivity index (χ1) is 10.7. The lowest BCUT2D eigenvalue weighted by molar-refractivity contribution is -0.137. The number of hydrogen-bond donors (Lipinski definition) is 0. The van der Waals surface area contributed by atoms with Crippen molar-refractivity contribution in [3.05, 3.63) is 53.6 Å². The fraction of sp³-hybridized carbons (Fsp3) is 0.286. The fourth-order valence-corrected chi connectivity index (χ4v) is 1.98. The predicted octanol–water partition coefficient (Wildman–Crippen LogP) is 3.57. The van der Waals surface area contributed by atoms with Crippen LogP contribution in [0.5, 0.6) is 0 Å². The number of benzene rings is 1. The largest absolute Gasteiger partial charge is 0.416 e. The molecule has 2 aromatic rings. The molecule has 0 aliphatic heterocycles. The fourth-order valence-electron chi connectivity index (χ4n) is 1.98. The number of imidazole rings is 1. The minimum atomic E-state index is -4.57. The highest BCUT2D eigenvalue weighted by Crippen LogP contribution is 2.29. The smallest absolute Gasteiger partial charge is 0.334 e. The number of rotatable bonds is 4. The average Bonchev–Trinajstić information content (AvgIpc) is 2.94. The van der Waals surface area contributed by atoms with Gasteiger partial charge in [-0.3, -0.25) is 9.36 Å². The van der Waals surface area contributed by atoms with Gasteiger partial charge in [0, 0.05) is 25.0 Å². The summed E-state index contributed by atoms with van der Waals surface area (Å²) in [6.07, 6.45) is -2.35. The molecule has 1 heterocycles. The summed E-state index contributed by atoms with van der Waals surface area (Å²) < 4.78 is 64.0. The van der Waals surface area contributed by atoms with Crippen molar-refractivity contribution in [2.24, 2.45) is 0 Å². The first-order valence-corrected chi connectivity index (χ1v) is 6.42. The second kappa shape index (κ2) is 6.35. The van der Waals surface area contributed by atoms with Gasteiger partial charge >= 0.3 is 12.7 Å². The maximum atomic E-state index is 12.7. The normalized spacial score (nSPS) is 11.8. The van der Waals surface area contributed by atoms with Crippen LogP contribution < -0.4 is 0 Å². The Morgan fingerprint density at radius 1 is 1.35 bits per heavy atom. The molecule has 9 heteroatoms. The minimum Gasteiger partial charge on any atom is -0.334 e. The van der Waals surface area contributed by atoms with Crippen LogP contribution in [0.2, 0.25) is 0 Å². The number of carbonyl (C=O) groups excluding carboxylic acids is 1. The Hall–Kier alpha value is -2.45. The van der Waals surface area contributed by atoms with Gasteiger partial charge in [-0.15, -0.1) is 0 Å². The molecule has 0 aliphatic rings. The van der Waals surface area contributed by atoms with Crippen molar-refractivity contribution in [3.63, 3.8) is 0 Å². The average molecular weight is 333 g/mol. The third kappa shape index (κ3) is 3.85. The third-order valence-corrected chi connectivity index (χ3v) is 3.12. The number of hydrogen-bond acceptors (Lipinski definition) is 2. The van der Waals surface area contributed by atoms with E-state index in [-0.39, 0.29) is 17.9 Å². The van der Waals surface area contributed by atoms with Crippen molar-refractivity contribution in [3.8, 4) is 0 Å². The summed E-state index contributed by atoms with van der Waals surface area (Å²) in [4.78, 5) is 16.9. The molecule has 0 saturated heterocycles. The first kappa shape index (κ1) is 16.9. The van der Waals surface area contributed by atoms with Gasteiger partial charge in [0.1, 0.15) is 5.82 Å². The Balaban J connectivity index is 2.18. The number of carbonyl (C=O) groups is 1. The summed E-state index contributed by atoms with van der Waals surface area (Å²) >= 11 is 0. The highest BCUT2D eigenvalue weighted by molar-refractivity contribution is 5.94. The summed E-state index contributed by atoms with van der Waals surface area (Å²) in [5, 5.41) is 0. The van der Waals surface area contributed by atoms with E-state index in [1.807, 2.05) is 0 Å². The zero-order valence-electron chi connectivity index (χ0n) is 11.9. The van der Waals surface area contributed by atoms with Crippen LogP contribution >= 0.6 is 0 Å². The monoisotopic (exact) mass is 333 g/mol. The van der Waals surface area contributed by atoms with Crippen LogP contribution in [-0.4, -0.2) is 27.4 Å². The van der Waals surface area contributed by atoms with E-state index in [2.05, 4.69) is 4.98 Å². The van der Waals surface area contributed by atoms with E-state index >= 15 is 0 Å². The van der Waals surface area contributed by atoms with Gasteiger partial charge in [-0.2, -0.15) is 22.0 Å². The Morgan fingerprint density at radius 3 is 2.65 bits per heavy atom. The van der Waals surface area contributed by atoms with Crippen LogP contribution in [0.4, 0.5) is 22.0 Å². The number of amides is 1. The molecule has 0 aliphatic carbocycles. The molecule has 4 nitrogen and oxygen atoms in total. The van der Waals surface area contributed by atoms with Crippen molar-refractivity contribution in [1.29, 1.82) is 0 Å². The summed E-state index contributed by atoms with van der Waals surface area (Å²) in [7, 11) is 1.30. The third-order valence-electron chi connectivity index (χ3n) is 3.12. The molecule has 0 saturated carbocycles. The van der Waals surface area contributed by atoms with E-state index in [9.17, 15) is 26.7 Å². The molecule has 0 spiro atoms. The van der Waals surface area contributed by atoms with E-state index in [1.165, 1.54) is 13.1 Å². The van der Waals surface area contributed by atoms with Gasteiger partial charge in [-0.05, 0) is 18.2 Å². The van der Waals surface area contributed by atoms with Crippen LogP contribution in [0.1, 0.15) is 28.3 Å². The van der Waals surface area contributed by atoms with Crippen LogP contribution in [-0.2, 0) is 12.7 Å². The lowest BCUT2D eigenvalue weighted by Crippen LogP contribution is -2.28. The quantitative estimate of drug-likeness (QED) is 0.802. The summed E-state index contributed by atoms with van der Waals surface area (Å²) in [6.45, 7) is -3.07. The molecule has 1 aromatic carbocycles. The van der Waals surface area contributed by atoms with Crippen LogP contribution in [0.25, 0.3) is 0 Å². The lowest BCUT2D eigenvalue weighted by Gasteiger charge is -2.18. The highest BCUT2D eigenvalue weighted by Gasteiger charge is 2.31. The molecule has 1 aromatic heterocycles. The molecule has 0 bridgehead atoms. The molecule has 1 amide bonds. The standard InChI is InChI=1S/C14H12F5N3O/c1-21(8-11-20-5-6-22(11)13(15)16)12(23)9-3-2-4-10(7-9)14(17,18)19/h2-7,13H,8H2,1H3. The first-order valence-electron chi connectivity index (χ1n) is 6.42. The van der Waals surface area contributed by atoms with E-state index in [4.69, 9.17) is 0 Å². The van der Waals surface area contributed by atoms with E-state index in [0.717, 1.165) is 35.5 Å².